The number of carbonyl (C=O) groups excluding carboxylic acids is 2. The molecule has 2 saturated heterocycles. The number of pyridine rings is 1. The molecule has 2 aliphatic rings. The molecule has 2 N–H and O–H groups in total. The number of imide groups is 1. The molecule has 3 heterocycles. The van der Waals surface area contributed by atoms with Gasteiger partial charge in [0.25, 0.3) is 5.91 Å². The Bertz CT molecular complexity index is 643. The third-order valence-corrected chi connectivity index (χ3v) is 4.90. The van der Waals surface area contributed by atoms with Crippen LogP contribution in [0.5, 0.6) is 0 Å². The summed E-state index contributed by atoms with van der Waals surface area (Å²) in [6, 6.07) is 3.59. The maximum absolute atomic E-state index is 12.2. The molecule has 0 saturated carbocycles. The van der Waals surface area contributed by atoms with Crippen LogP contribution in [0.2, 0.25) is 0 Å². The highest BCUT2D eigenvalue weighted by Gasteiger charge is 2.44. The summed E-state index contributed by atoms with van der Waals surface area (Å²) >= 11 is 0. The molecule has 1 atom stereocenters. The summed E-state index contributed by atoms with van der Waals surface area (Å²) in [5.41, 5.74) is 0.302. The SMILES string of the molecule is CC1(C)NC(=O)N(C[C@@H](O)CN2CCN(Cc3cccnc3)CC2)C1=O. The van der Waals surface area contributed by atoms with Crippen LogP contribution < -0.4 is 5.32 Å². The second kappa shape index (κ2) is 7.69. The monoisotopic (exact) mass is 361 g/mol. The molecule has 1 aromatic rings. The van der Waals surface area contributed by atoms with Gasteiger partial charge in [0.15, 0.2) is 0 Å². The highest BCUT2D eigenvalue weighted by atomic mass is 16.3. The lowest BCUT2D eigenvalue weighted by molar-refractivity contribution is -0.131. The van der Waals surface area contributed by atoms with E-state index in [0.717, 1.165) is 37.6 Å². The predicted octanol–water partition coefficient (Wildman–Crippen LogP) is -0.109. The number of nitrogens with one attached hydrogen (secondary N) is 1. The Hall–Kier alpha value is -2.03. The summed E-state index contributed by atoms with van der Waals surface area (Å²) in [6.07, 6.45) is 2.91. The van der Waals surface area contributed by atoms with Gasteiger partial charge in [-0.1, -0.05) is 6.07 Å². The largest absolute Gasteiger partial charge is 0.390 e. The summed E-state index contributed by atoms with van der Waals surface area (Å²) in [7, 11) is 0. The van der Waals surface area contributed by atoms with E-state index in [1.807, 2.05) is 12.3 Å². The molecule has 3 amide bonds. The summed E-state index contributed by atoms with van der Waals surface area (Å²) in [5, 5.41) is 13.0. The molecule has 0 bridgehead atoms. The first-order valence-electron chi connectivity index (χ1n) is 9.01. The topological polar surface area (TPSA) is 89.0 Å². The van der Waals surface area contributed by atoms with Crippen LogP contribution in [0, 0.1) is 0 Å². The van der Waals surface area contributed by atoms with Crippen molar-refractivity contribution >= 4 is 11.9 Å². The van der Waals surface area contributed by atoms with Gasteiger partial charge in [-0.3, -0.25) is 24.5 Å². The standard InChI is InChI=1S/C18H27N5O3/c1-18(2)16(25)23(17(26)20-18)13-15(24)12-22-8-6-21(7-9-22)11-14-4-3-5-19-10-14/h3-5,10,15,24H,6-9,11-13H2,1-2H3,(H,20,26)/t15-/m0/s1. The fourth-order valence-electron chi connectivity index (χ4n) is 3.43. The molecule has 1 aromatic heterocycles. The number of urea groups is 1. The highest BCUT2D eigenvalue weighted by Crippen LogP contribution is 2.17. The minimum Gasteiger partial charge on any atom is -0.390 e. The van der Waals surface area contributed by atoms with E-state index in [9.17, 15) is 14.7 Å². The van der Waals surface area contributed by atoms with Gasteiger partial charge in [-0.15, -0.1) is 0 Å². The summed E-state index contributed by atoms with van der Waals surface area (Å²) in [5.74, 6) is -0.289. The van der Waals surface area contributed by atoms with Crippen LogP contribution in [0.15, 0.2) is 24.5 Å². The number of β-amino-alcohol motifs (C(OH)–C–C–N with tert-alkyl or cyclic N) is 1. The highest BCUT2D eigenvalue weighted by molar-refractivity contribution is 6.06. The number of amides is 3. The number of hydrogen-bond donors (Lipinski definition) is 2. The molecule has 3 rings (SSSR count). The fourth-order valence-corrected chi connectivity index (χ4v) is 3.43. The normalized spacial score (nSPS) is 22.5. The van der Waals surface area contributed by atoms with Gasteiger partial charge < -0.3 is 10.4 Å². The maximum atomic E-state index is 12.2. The molecule has 0 radical (unpaired) electrons. The zero-order valence-electron chi connectivity index (χ0n) is 15.4. The molecule has 2 fully saturated rings. The van der Waals surface area contributed by atoms with Crippen LogP contribution >= 0.6 is 0 Å². The van der Waals surface area contributed by atoms with E-state index in [2.05, 4.69) is 26.2 Å². The second-order valence-electron chi connectivity index (χ2n) is 7.56. The van der Waals surface area contributed by atoms with Gasteiger partial charge in [0.05, 0.1) is 12.6 Å². The first-order valence-corrected chi connectivity index (χ1v) is 9.01. The number of piperazine rings is 1. The Labute approximate surface area is 153 Å². The molecule has 26 heavy (non-hydrogen) atoms. The molecular formula is C18H27N5O3. The average Bonchev–Trinajstić information content (AvgIpc) is 2.79. The molecule has 142 valence electrons. The van der Waals surface area contributed by atoms with Crippen molar-refractivity contribution in [3.63, 3.8) is 0 Å². The summed E-state index contributed by atoms with van der Waals surface area (Å²) in [6.45, 7) is 8.23. The molecule has 8 nitrogen and oxygen atoms in total. The lowest BCUT2D eigenvalue weighted by atomic mass is 10.1. The zero-order chi connectivity index (χ0) is 18.7. The molecular weight excluding hydrogens is 334 g/mol. The number of aromatic nitrogens is 1. The van der Waals surface area contributed by atoms with E-state index in [1.54, 1.807) is 20.0 Å². The van der Waals surface area contributed by atoms with Gasteiger partial charge >= 0.3 is 6.03 Å². The van der Waals surface area contributed by atoms with E-state index in [0.29, 0.717) is 6.54 Å². The van der Waals surface area contributed by atoms with Gasteiger partial charge in [-0.25, -0.2) is 4.79 Å². The number of rotatable bonds is 6. The van der Waals surface area contributed by atoms with Crippen LogP contribution in [0.25, 0.3) is 0 Å². The van der Waals surface area contributed by atoms with Crippen molar-refractivity contribution in [2.45, 2.75) is 32.0 Å². The quantitative estimate of drug-likeness (QED) is 0.688. The average molecular weight is 361 g/mol. The van der Waals surface area contributed by atoms with Crippen molar-refractivity contribution in [2.24, 2.45) is 0 Å². The van der Waals surface area contributed by atoms with Crippen molar-refractivity contribution in [1.29, 1.82) is 0 Å². The molecule has 0 unspecified atom stereocenters. The Morgan fingerprint density at radius 2 is 1.88 bits per heavy atom. The molecule has 0 aliphatic carbocycles. The van der Waals surface area contributed by atoms with Crippen LogP contribution in [0.1, 0.15) is 19.4 Å². The van der Waals surface area contributed by atoms with Gasteiger partial charge in [-0.2, -0.15) is 0 Å². The molecule has 0 aromatic carbocycles. The minimum absolute atomic E-state index is 0.0317. The third kappa shape index (κ3) is 4.38. The molecule has 2 aliphatic heterocycles. The number of aliphatic hydroxyl groups excluding tert-OH is 1. The first-order chi connectivity index (χ1) is 12.3. The smallest absolute Gasteiger partial charge is 0.325 e. The van der Waals surface area contributed by atoms with Gasteiger partial charge in [-0.05, 0) is 25.5 Å². The van der Waals surface area contributed by atoms with Gasteiger partial charge in [0.1, 0.15) is 5.54 Å². The summed E-state index contributed by atoms with van der Waals surface area (Å²) < 4.78 is 0. The fraction of sp³-hybridized carbons (Fsp3) is 0.611. The van der Waals surface area contributed by atoms with Gasteiger partial charge in [0.2, 0.25) is 0 Å². The van der Waals surface area contributed by atoms with E-state index < -0.39 is 17.7 Å². The van der Waals surface area contributed by atoms with Crippen molar-refractivity contribution in [1.82, 2.24) is 25.0 Å². The number of hydrogen-bond acceptors (Lipinski definition) is 6. The number of aliphatic hydroxyl groups is 1. The number of nitrogens with zero attached hydrogens (tertiary/aromatic N) is 4. The van der Waals surface area contributed by atoms with E-state index in [1.165, 1.54) is 5.56 Å². The van der Waals surface area contributed by atoms with Gasteiger partial charge in [0, 0.05) is 51.7 Å². The predicted molar refractivity (Wildman–Crippen MR) is 96.3 cm³/mol. The van der Waals surface area contributed by atoms with Crippen LogP contribution in [-0.2, 0) is 11.3 Å². The van der Waals surface area contributed by atoms with Crippen LogP contribution in [0.3, 0.4) is 0 Å². The lowest BCUT2D eigenvalue weighted by Crippen LogP contribution is -2.50. The second-order valence-corrected chi connectivity index (χ2v) is 7.56. The van der Waals surface area contributed by atoms with Crippen LogP contribution in [0.4, 0.5) is 4.79 Å². The third-order valence-electron chi connectivity index (χ3n) is 4.90. The first kappa shape index (κ1) is 18.8. The Kier molecular flexibility index (Phi) is 5.55. The van der Waals surface area contributed by atoms with E-state index in [4.69, 9.17) is 0 Å². The van der Waals surface area contributed by atoms with E-state index >= 15 is 0 Å². The van der Waals surface area contributed by atoms with Crippen LogP contribution in [-0.4, -0.2) is 87.6 Å². The van der Waals surface area contributed by atoms with Crippen molar-refractivity contribution in [2.75, 3.05) is 39.3 Å². The van der Waals surface area contributed by atoms with Crippen molar-refractivity contribution in [3.8, 4) is 0 Å². The minimum atomic E-state index is -0.894. The summed E-state index contributed by atoms with van der Waals surface area (Å²) in [4.78, 5) is 33.9. The number of carbonyl (C=O) groups is 2. The molecule has 0 spiro atoms. The zero-order valence-corrected chi connectivity index (χ0v) is 15.4. The Balaban J connectivity index is 1.43. The van der Waals surface area contributed by atoms with Crippen molar-refractivity contribution < 1.29 is 14.7 Å². The lowest BCUT2D eigenvalue weighted by Gasteiger charge is -2.35. The molecule has 8 heteroatoms. The Morgan fingerprint density at radius 1 is 1.19 bits per heavy atom. The van der Waals surface area contributed by atoms with E-state index in [-0.39, 0.29) is 12.5 Å². The Morgan fingerprint density at radius 3 is 2.46 bits per heavy atom. The maximum Gasteiger partial charge on any atom is 0.325 e. The van der Waals surface area contributed by atoms with Crippen molar-refractivity contribution in [3.05, 3.63) is 30.1 Å².